The summed E-state index contributed by atoms with van der Waals surface area (Å²) in [7, 11) is 0. The predicted molar refractivity (Wildman–Crippen MR) is 119 cm³/mol. The van der Waals surface area contributed by atoms with Crippen LogP contribution in [0.25, 0.3) is 0 Å². The molecule has 30 heavy (non-hydrogen) atoms. The van der Waals surface area contributed by atoms with Crippen molar-refractivity contribution in [1.82, 2.24) is 10.2 Å². The van der Waals surface area contributed by atoms with Gasteiger partial charge in [-0.25, -0.2) is 4.79 Å². The molecule has 3 heterocycles. The van der Waals surface area contributed by atoms with Crippen LogP contribution in [0.4, 0.5) is 5.69 Å². The van der Waals surface area contributed by atoms with Crippen molar-refractivity contribution in [3.63, 3.8) is 0 Å². The molecular weight excluding hydrogens is 442 g/mol. The van der Waals surface area contributed by atoms with Crippen LogP contribution < -0.4 is 11.1 Å². The zero-order chi connectivity index (χ0) is 21.3. The van der Waals surface area contributed by atoms with Gasteiger partial charge in [-0.3, -0.25) is 14.5 Å². The van der Waals surface area contributed by atoms with E-state index in [-0.39, 0.29) is 18.0 Å². The highest BCUT2D eigenvalue weighted by Gasteiger charge is 2.54. The Bertz CT molecular complexity index is 1020. The number of thiophene rings is 1. The summed E-state index contributed by atoms with van der Waals surface area (Å²) < 4.78 is 1.10. The van der Waals surface area contributed by atoms with Crippen LogP contribution >= 0.6 is 34.9 Å². The third kappa shape index (κ3) is 4.07. The molecule has 0 saturated carbocycles. The van der Waals surface area contributed by atoms with E-state index in [1.54, 1.807) is 47.4 Å². The van der Waals surface area contributed by atoms with Crippen molar-refractivity contribution in [3.05, 3.63) is 58.6 Å². The summed E-state index contributed by atoms with van der Waals surface area (Å²) in [4.78, 5) is 38.3. The van der Waals surface area contributed by atoms with Crippen molar-refractivity contribution in [2.75, 3.05) is 17.2 Å². The summed E-state index contributed by atoms with van der Waals surface area (Å²) in [6.45, 7) is 0. The first-order valence-electron chi connectivity index (χ1n) is 9.14. The molecule has 2 atom stereocenters. The average Bonchev–Trinajstić information content (AvgIpc) is 3.25. The molecule has 2 amide bonds. The molecule has 1 fully saturated rings. The fourth-order valence-electron chi connectivity index (χ4n) is 3.39. The largest absolute Gasteiger partial charge is 0.477 e. The van der Waals surface area contributed by atoms with E-state index in [0.717, 1.165) is 9.78 Å². The number of carbonyl (C=O) groups is 3. The van der Waals surface area contributed by atoms with Gasteiger partial charge in [0.25, 0.3) is 5.91 Å². The standard InChI is InChI=1S/C20H19N3O4S3/c21-13-5-2-1-4-11(13)8-14(24)22-16-18(25)23-17(20(26)27)12(10-30-19(16)23)9-29-15-6-3-7-28-15/h1-7,16,19H,8-10,21H2,(H,22,24)(H,26,27)/t16?,19-/m0/s1. The Kier molecular flexibility index (Phi) is 6.07. The number of fused-ring (bicyclic) bond motifs is 1. The topological polar surface area (TPSA) is 113 Å². The van der Waals surface area contributed by atoms with Gasteiger partial charge in [0.15, 0.2) is 0 Å². The Morgan fingerprint density at radius 3 is 2.77 bits per heavy atom. The maximum absolute atomic E-state index is 12.7. The number of β-lactam (4-membered cyclic amide) rings is 1. The molecule has 156 valence electrons. The summed E-state index contributed by atoms with van der Waals surface area (Å²) in [5.41, 5.74) is 7.85. The van der Waals surface area contributed by atoms with E-state index in [2.05, 4.69) is 5.32 Å². The minimum absolute atomic E-state index is 0.0469. The fourth-order valence-corrected chi connectivity index (χ4v) is 6.66. The lowest BCUT2D eigenvalue weighted by molar-refractivity contribution is -0.150. The van der Waals surface area contributed by atoms with E-state index < -0.39 is 23.3 Å². The van der Waals surface area contributed by atoms with Crippen molar-refractivity contribution >= 4 is 58.3 Å². The number of rotatable bonds is 7. The number of anilines is 1. The van der Waals surface area contributed by atoms with Crippen molar-refractivity contribution in [2.24, 2.45) is 0 Å². The summed E-state index contributed by atoms with van der Waals surface area (Å²) in [5.74, 6) is -0.802. The number of hydrogen-bond donors (Lipinski definition) is 3. The van der Waals surface area contributed by atoms with Gasteiger partial charge >= 0.3 is 5.97 Å². The average molecular weight is 462 g/mol. The van der Waals surface area contributed by atoms with E-state index in [1.807, 2.05) is 17.5 Å². The molecule has 2 aliphatic heterocycles. The lowest BCUT2D eigenvalue weighted by Gasteiger charge is -2.49. The quantitative estimate of drug-likeness (QED) is 0.330. The molecular formula is C20H19N3O4S3. The summed E-state index contributed by atoms with van der Waals surface area (Å²) in [6.07, 6.45) is 0.0676. The highest BCUT2D eigenvalue weighted by molar-refractivity contribution is 8.02. The Labute approximate surface area is 185 Å². The molecule has 0 aliphatic carbocycles. The second-order valence-electron chi connectivity index (χ2n) is 6.81. The highest BCUT2D eigenvalue weighted by Crippen LogP contribution is 2.41. The number of carbonyl (C=O) groups excluding carboxylic acids is 2. The molecule has 1 aromatic heterocycles. The second-order valence-corrected chi connectivity index (χ2v) is 10.1. The van der Waals surface area contributed by atoms with Gasteiger partial charge in [-0.2, -0.15) is 0 Å². The predicted octanol–water partition coefficient (Wildman–Crippen LogP) is 2.40. The fraction of sp³-hybridized carbons (Fsp3) is 0.250. The number of benzene rings is 1. The lowest BCUT2D eigenvalue weighted by Crippen LogP contribution is -2.70. The molecule has 0 spiro atoms. The van der Waals surface area contributed by atoms with Crippen molar-refractivity contribution < 1.29 is 19.5 Å². The van der Waals surface area contributed by atoms with E-state index in [9.17, 15) is 19.5 Å². The number of aliphatic carboxylic acids is 1. The van der Waals surface area contributed by atoms with Crippen LogP contribution in [0.1, 0.15) is 5.56 Å². The summed E-state index contributed by atoms with van der Waals surface area (Å²) in [6, 6.07) is 10.3. The maximum atomic E-state index is 12.7. The number of carboxylic acids is 1. The van der Waals surface area contributed by atoms with Gasteiger partial charge in [0, 0.05) is 17.2 Å². The Balaban J connectivity index is 1.44. The Morgan fingerprint density at radius 2 is 2.07 bits per heavy atom. The molecule has 1 aromatic carbocycles. The van der Waals surface area contributed by atoms with Gasteiger partial charge < -0.3 is 16.2 Å². The Morgan fingerprint density at radius 1 is 1.27 bits per heavy atom. The number of nitrogen functional groups attached to an aromatic ring is 1. The van der Waals surface area contributed by atoms with Crippen LogP contribution in [0.15, 0.2) is 57.3 Å². The minimum atomic E-state index is -1.11. The number of nitrogens with two attached hydrogens (primary N) is 1. The van der Waals surface area contributed by atoms with Gasteiger partial charge in [-0.05, 0) is 28.6 Å². The van der Waals surface area contributed by atoms with Crippen LogP contribution in [0, 0.1) is 0 Å². The molecule has 7 nitrogen and oxygen atoms in total. The number of carboxylic acid groups (broad SMARTS) is 1. The van der Waals surface area contributed by atoms with Crippen molar-refractivity contribution in [1.29, 1.82) is 0 Å². The van der Waals surface area contributed by atoms with Crippen LogP contribution in [-0.2, 0) is 20.8 Å². The monoisotopic (exact) mass is 461 g/mol. The smallest absolute Gasteiger partial charge is 0.352 e. The minimum Gasteiger partial charge on any atom is -0.477 e. The normalized spacial score (nSPS) is 20.5. The third-order valence-electron chi connectivity index (χ3n) is 4.86. The molecule has 10 heteroatoms. The second kappa shape index (κ2) is 8.75. The Hall–Kier alpha value is -2.43. The van der Waals surface area contributed by atoms with Crippen molar-refractivity contribution in [2.45, 2.75) is 22.0 Å². The van der Waals surface area contributed by atoms with Crippen LogP contribution in [0.3, 0.4) is 0 Å². The molecule has 1 unspecified atom stereocenters. The van der Waals surface area contributed by atoms with E-state index >= 15 is 0 Å². The maximum Gasteiger partial charge on any atom is 0.352 e. The summed E-state index contributed by atoms with van der Waals surface area (Å²) in [5, 5.41) is 14.0. The number of para-hydroxylation sites is 1. The first-order chi connectivity index (χ1) is 14.5. The number of thioether (sulfide) groups is 2. The summed E-state index contributed by atoms with van der Waals surface area (Å²) >= 11 is 4.63. The molecule has 2 aromatic rings. The van der Waals surface area contributed by atoms with E-state index in [4.69, 9.17) is 5.73 Å². The van der Waals surface area contributed by atoms with Gasteiger partial charge in [-0.1, -0.05) is 24.3 Å². The van der Waals surface area contributed by atoms with E-state index in [0.29, 0.717) is 22.8 Å². The van der Waals surface area contributed by atoms with Crippen LogP contribution in [-0.4, -0.2) is 50.7 Å². The first-order valence-corrected chi connectivity index (χ1v) is 12.1. The van der Waals surface area contributed by atoms with Gasteiger partial charge in [0.2, 0.25) is 5.91 Å². The number of nitrogens with one attached hydrogen (secondary N) is 1. The first kappa shape index (κ1) is 20.8. The number of nitrogens with zero attached hydrogens (tertiary/aromatic N) is 1. The van der Waals surface area contributed by atoms with Crippen LogP contribution in [0.5, 0.6) is 0 Å². The van der Waals surface area contributed by atoms with Gasteiger partial charge in [0.05, 0.1) is 10.6 Å². The van der Waals surface area contributed by atoms with Crippen LogP contribution in [0.2, 0.25) is 0 Å². The molecule has 4 N–H and O–H groups in total. The highest BCUT2D eigenvalue weighted by atomic mass is 32.2. The molecule has 4 rings (SSSR count). The zero-order valence-electron chi connectivity index (χ0n) is 15.7. The third-order valence-corrected chi connectivity index (χ3v) is 8.41. The molecule has 2 aliphatic rings. The van der Waals surface area contributed by atoms with Gasteiger partial charge in [0.1, 0.15) is 17.1 Å². The SMILES string of the molecule is Nc1ccccc1CC(=O)NC1C(=O)N2C(C(=O)O)=C(CSc3cccs3)CS[C@@H]12. The van der Waals surface area contributed by atoms with E-state index in [1.165, 1.54) is 16.7 Å². The zero-order valence-corrected chi connectivity index (χ0v) is 18.2. The van der Waals surface area contributed by atoms with Gasteiger partial charge in [-0.15, -0.1) is 34.9 Å². The number of hydrogen-bond acceptors (Lipinski definition) is 7. The van der Waals surface area contributed by atoms with Crippen molar-refractivity contribution in [3.8, 4) is 0 Å². The number of amides is 2. The molecule has 0 bridgehead atoms. The molecule has 0 radical (unpaired) electrons. The molecule has 1 saturated heterocycles. The lowest BCUT2D eigenvalue weighted by atomic mass is 10.0.